The van der Waals surface area contributed by atoms with E-state index in [-0.39, 0.29) is 11.8 Å². The van der Waals surface area contributed by atoms with E-state index >= 15 is 0 Å². The number of nitrogens with one attached hydrogen (secondary N) is 2. The zero-order valence-electron chi connectivity index (χ0n) is 14.9. The highest BCUT2D eigenvalue weighted by atomic mass is 16.2. The van der Waals surface area contributed by atoms with Gasteiger partial charge in [0, 0.05) is 0 Å². The van der Waals surface area contributed by atoms with Gasteiger partial charge >= 0.3 is 6.03 Å². The standard InChI is InChI=1S/C18H22N4O5/c23-13(10-21-14(24)11-6-2-3-7-12(11)15(21)25)20-22-16(26)18(19-17(22)27)8-4-1-5-9-18/h2-3,11-12H,1,4-10H2,(H,19,27)(H,20,23). The second-order valence-corrected chi connectivity index (χ2v) is 7.67. The fourth-order valence-corrected chi connectivity index (χ4v) is 4.54. The summed E-state index contributed by atoms with van der Waals surface area (Å²) in [6, 6.07) is -0.674. The lowest BCUT2D eigenvalue weighted by Crippen LogP contribution is -2.53. The molecule has 2 heterocycles. The van der Waals surface area contributed by atoms with Crippen LogP contribution >= 0.6 is 0 Å². The number of imide groups is 2. The quantitative estimate of drug-likeness (QED) is 0.417. The number of carbonyl (C=O) groups is 5. The Morgan fingerprint density at radius 1 is 1.04 bits per heavy atom. The van der Waals surface area contributed by atoms with Gasteiger partial charge in [-0.25, -0.2) is 4.79 Å². The first kappa shape index (κ1) is 17.7. The van der Waals surface area contributed by atoms with Crippen LogP contribution in [-0.2, 0) is 19.2 Å². The van der Waals surface area contributed by atoms with Gasteiger partial charge in [-0.3, -0.25) is 29.5 Å². The molecular formula is C18H22N4O5. The molecule has 1 saturated carbocycles. The van der Waals surface area contributed by atoms with Crippen LogP contribution in [0.5, 0.6) is 0 Å². The normalized spacial score (nSPS) is 29.3. The van der Waals surface area contributed by atoms with Crippen LogP contribution in [0.1, 0.15) is 44.9 Å². The number of amides is 6. The number of fused-ring (bicyclic) bond motifs is 1. The molecule has 0 aromatic rings. The number of urea groups is 1. The minimum absolute atomic E-state index is 0.370. The summed E-state index contributed by atoms with van der Waals surface area (Å²) in [5.74, 6) is -2.79. The third-order valence-corrected chi connectivity index (χ3v) is 6.01. The van der Waals surface area contributed by atoms with E-state index < -0.39 is 41.8 Å². The number of hydrogen-bond acceptors (Lipinski definition) is 5. The lowest BCUT2D eigenvalue weighted by Gasteiger charge is -2.30. The van der Waals surface area contributed by atoms with Crippen molar-refractivity contribution in [2.45, 2.75) is 50.5 Å². The van der Waals surface area contributed by atoms with Crippen LogP contribution in [0.4, 0.5) is 4.79 Å². The van der Waals surface area contributed by atoms with Crippen molar-refractivity contribution >= 4 is 29.7 Å². The SMILES string of the molecule is O=C(CN1C(=O)C2CC=CCC2C1=O)NN1C(=O)NC2(CCCCC2)C1=O. The highest BCUT2D eigenvalue weighted by molar-refractivity contribution is 6.10. The van der Waals surface area contributed by atoms with Gasteiger partial charge in [0.2, 0.25) is 11.8 Å². The van der Waals surface area contributed by atoms with Gasteiger partial charge in [-0.05, 0) is 25.7 Å². The predicted octanol–water partition coefficient (Wildman–Crippen LogP) is 0.224. The molecule has 4 rings (SSSR count). The molecule has 144 valence electrons. The van der Waals surface area contributed by atoms with Gasteiger partial charge < -0.3 is 5.32 Å². The summed E-state index contributed by atoms with van der Waals surface area (Å²) >= 11 is 0. The molecule has 2 aliphatic heterocycles. The summed E-state index contributed by atoms with van der Waals surface area (Å²) in [4.78, 5) is 63.0. The largest absolute Gasteiger partial charge is 0.344 e. The summed E-state index contributed by atoms with van der Waals surface area (Å²) < 4.78 is 0. The third-order valence-electron chi connectivity index (χ3n) is 6.01. The lowest BCUT2D eigenvalue weighted by molar-refractivity contribution is -0.146. The Labute approximate surface area is 156 Å². The average molecular weight is 374 g/mol. The monoisotopic (exact) mass is 374 g/mol. The van der Waals surface area contributed by atoms with Crippen molar-refractivity contribution in [2.75, 3.05) is 6.54 Å². The first-order valence-corrected chi connectivity index (χ1v) is 9.39. The second kappa shape index (κ2) is 6.47. The number of likely N-dealkylation sites (tertiary alicyclic amines) is 1. The molecule has 2 saturated heterocycles. The fraction of sp³-hybridized carbons (Fsp3) is 0.611. The lowest BCUT2D eigenvalue weighted by atomic mass is 9.82. The van der Waals surface area contributed by atoms with Crippen LogP contribution in [0, 0.1) is 11.8 Å². The van der Waals surface area contributed by atoms with E-state index in [9.17, 15) is 24.0 Å². The molecule has 27 heavy (non-hydrogen) atoms. The highest BCUT2D eigenvalue weighted by Gasteiger charge is 2.53. The summed E-state index contributed by atoms with van der Waals surface area (Å²) in [6.45, 7) is -0.491. The van der Waals surface area contributed by atoms with Crippen molar-refractivity contribution in [1.29, 1.82) is 0 Å². The molecule has 3 fully saturated rings. The fourth-order valence-electron chi connectivity index (χ4n) is 4.54. The van der Waals surface area contributed by atoms with Crippen molar-refractivity contribution < 1.29 is 24.0 Å². The Balaban J connectivity index is 1.41. The topological polar surface area (TPSA) is 116 Å². The number of hydrogen-bond donors (Lipinski definition) is 2. The van der Waals surface area contributed by atoms with E-state index in [2.05, 4.69) is 10.7 Å². The van der Waals surface area contributed by atoms with Crippen LogP contribution in [-0.4, -0.2) is 51.7 Å². The van der Waals surface area contributed by atoms with E-state index in [1.165, 1.54) is 0 Å². The average Bonchev–Trinajstić information content (AvgIpc) is 3.03. The van der Waals surface area contributed by atoms with E-state index in [0.29, 0.717) is 30.7 Å². The molecule has 9 nitrogen and oxygen atoms in total. The van der Waals surface area contributed by atoms with E-state index in [1.54, 1.807) is 0 Å². The molecular weight excluding hydrogens is 352 g/mol. The van der Waals surface area contributed by atoms with Crippen LogP contribution in [0.15, 0.2) is 12.2 Å². The summed E-state index contributed by atoms with van der Waals surface area (Å²) in [7, 11) is 0. The zero-order valence-corrected chi connectivity index (χ0v) is 14.9. The van der Waals surface area contributed by atoms with E-state index in [1.807, 2.05) is 12.2 Å². The highest BCUT2D eigenvalue weighted by Crippen LogP contribution is 2.35. The van der Waals surface area contributed by atoms with Crippen molar-refractivity contribution in [3.63, 3.8) is 0 Å². The van der Waals surface area contributed by atoms with Gasteiger partial charge in [0.1, 0.15) is 12.1 Å². The van der Waals surface area contributed by atoms with Gasteiger partial charge in [0.15, 0.2) is 0 Å². The smallest absolute Gasteiger partial charge is 0.322 e. The molecule has 0 aromatic carbocycles. The van der Waals surface area contributed by atoms with E-state index in [0.717, 1.165) is 24.2 Å². The molecule has 9 heteroatoms. The predicted molar refractivity (Wildman–Crippen MR) is 91.4 cm³/mol. The molecule has 0 aromatic heterocycles. The van der Waals surface area contributed by atoms with Gasteiger partial charge in [0.25, 0.3) is 11.8 Å². The molecule has 2 atom stereocenters. The summed E-state index contributed by atoms with van der Waals surface area (Å²) in [5, 5.41) is 3.38. The Hall–Kier alpha value is -2.71. The van der Waals surface area contributed by atoms with Gasteiger partial charge in [0.05, 0.1) is 11.8 Å². The van der Waals surface area contributed by atoms with Crippen LogP contribution in [0.3, 0.4) is 0 Å². The summed E-state index contributed by atoms with van der Waals surface area (Å²) in [5.41, 5.74) is 1.33. The van der Waals surface area contributed by atoms with E-state index in [4.69, 9.17) is 0 Å². The van der Waals surface area contributed by atoms with Crippen molar-refractivity contribution in [1.82, 2.24) is 20.7 Å². The maximum atomic E-state index is 12.7. The Morgan fingerprint density at radius 2 is 1.63 bits per heavy atom. The molecule has 1 spiro atoms. The maximum absolute atomic E-state index is 12.7. The zero-order chi connectivity index (χ0) is 19.2. The summed E-state index contributed by atoms with van der Waals surface area (Å²) in [6.07, 6.45) is 8.48. The first-order valence-electron chi connectivity index (χ1n) is 9.39. The molecule has 4 aliphatic rings. The van der Waals surface area contributed by atoms with Gasteiger partial charge in [-0.15, -0.1) is 0 Å². The Morgan fingerprint density at radius 3 is 2.22 bits per heavy atom. The van der Waals surface area contributed by atoms with Crippen molar-refractivity contribution in [3.8, 4) is 0 Å². The molecule has 0 bridgehead atoms. The molecule has 2 aliphatic carbocycles. The first-order chi connectivity index (χ1) is 12.9. The number of carbonyl (C=O) groups excluding carboxylic acids is 5. The molecule has 2 N–H and O–H groups in total. The minimum atomic E-state index is -0.942. The second-order valence-electron chi connectivity index (χ2n) is 7.67. The number of allylic oxidation sites excluding steroid dienone is 2. The van der Waals surface area contributed by atoms with Gasteiger partial charge in [-0.1, -0.05) is 31.4 Å². The number of nitrogens with zero attached hydrogens (tertiary/aromatic N) is 2. The van der Waals surface area contributed by atoms with Crippen molar-refractivity contribution in [3.05, 3.63) is 12.2 Å². The molecule has 6 amide bonds. The minimum Gasteiger partial charge on any atom is -0.322 e. The number of rotatable bonds is 3. The van der Waals surface area contributed by atoms with Crippen molar-refractivity contribution in [2.24, 2.45) is 11.8 Å². The van der Waals surface area contributed by atoms with Crippen LogP contribution in [0.25, 0.3) is 0 Å². The molecule has 2 unspecified atom stereocenters. The maximum Gasteiger partial charge on any atom is 0.344 e. The Kier molecular flexibility index (Phi) is 4.24. The third kappa shape index (κ3) is 2.81. The molecule has 0 radical (unpaired) electrons. The van der Waals surface area contributed by atoms with Crippen LogP contribution < -0.4 is 10.7 Å². The van der Waals surface area contributed by atoms with Crippen LogP contribution in [0.2, 0.25) is 0 Å². The number of hydrazine groups is 1. The Bertz CT molecular complexity index is 729. The van der Waals surface area contributed by atoms with Gasteiger partial charge in [-0.2, -0.15) is 5.01 Å².